The van der Waals surface area contributed by atoms with Crippen molar-refractivity contribution in [1.29, 1.82) is 0 Å². The zero-order valence-electron chi connectivity index (χ0n) is 14.6. The number of hydrogen-bond donors (Lipinski definition) is 1. The predicted molar refractivity (Wildman–Crippen MR) is 102 cm³/mol. The summed E-state index contributed by atoms with van der Waals surface area (Å²) >= 11 is 0. The van der Waals surface area contributed by atoms with E-state index >= 15 is 0 Å². The van der Waals surface area contributed by atoms with Crippen LogP contribution in [0.15, 0.2) is 54.6 Å². The van der Waals surface area contributed by atoms with Gasteiger partial charge >= 0.3 is 0 Å². The predicted octanol–water partition coefficient (Wildman–Crippen LogP) is 2.05. The molecule has 0 fully saturated rings. The van der Waals surface area contributed by atoms with E-state index in [-0.39, 0.29) is 11.7 Å². The number of nitrogens with one attached hydrogen (secondary N) is 1. The van der Waals surface area contributed by atoms with Crippen molar-refractivity contribution < 1.29 is 13.2 Å². The number of carbonyl (C=O) groups excluding carboxylic acids is 1. The molecular formula is C19H21N3O3S. The largest absolute Gasteiger partial charge is 0.352 e. The lowest BCUT2D eigenvalue weighted by molar-refractivity contribution is 0.0954. The Kier molecular flexibility index (Phi) is 5.37. The molecule has 2 aromatic carbocycles. The third-order valence-corrected chi connectivity index (χ3v) is 5.01. The molecule has 0 bridgehead atoms. The van der Waals surface area contributed by atoms with Crippen LogP contribution in [0, 0.1) is 0 Å². The molecule has 0 saturated heterocycles. The third-order valence-electron chi connectivity index (χ3n) is 4.09. The normalized spacial score (nSPS) is 11.6. The van der Waals surface area contributed by atoms with E-state index in [0.29, 0.717) is 25.1 Å². The number of nitrogens with zero attached hydrogens (tertiary/aromatic N) is 2. The zero-order valence-corrected chi connectivity index (χ0v) is 15.4. The van der Waals surface area contributed by atoms with Crippen LogP contribution in [0.5, 0.6) is 0 Å². The molecule has 136 valence electrons. The highest BCUT2D eigenvalue weighted by molar-refractivity contribution is 7.90. The molecule has 26 heavy (non-hydrogen) atoms. The van der Waals surface area contributed by atoms with E-state index in [2.05, 4.69) is 10.3 Å². The first-order valence-electron chi connectivity index (χ1n) is 8.39. The Morgan fingerprint density at radius 2 is 1.77 bits per heavy atom. The van der Waals surface area contributed by atoms with Gasteiger partial charge < -0.3 is 9.88 Å². The minimum atomic E-state index is -3.07. The Balaban J connectivity index is 1.73. The topological polar surface area (TPSA) is 81.1 Å². The molecule has 0 radical (unpaired) electrons. The second kappa shape index (κ2) is 7.70. The SMILES string of the molecule is CS(=O)(=O)CCn1c(CCNC(=O)c2ccccc2)nc2ccccc21. The molecule has 1 N–H and O–H groups in total. The molecule has 0 aliphatic rings. The molecule has 7 heteroatoms. The fourth-order valence-corrected chi connectivity index (χ4v) is 3.32. The summed E-state index contributed by atoms with van der Waals surface area (Å²) in [5.41, 5.74) is 2.34. The monoisotopic (exact) mass is 371 g/mol. The molecule has 3 rings (SSSR count). The smallest absolute Gasteiger partial charge is 0.251 e. The van der Waals surface area contributed by atoms with E-state index in [4.69, 9.17) is 0 Å². The number of carbonyl (C=O) groups is 1. The van der Waals surface area contributed by atoms with Gasteiger partial charge in [-0.3, -0.25) is 4.79 Å². The number of aryl methyl sites for hydroxylation is 1. The summed E-state index contributed by atoms with van der Waals surface area (Å²) in [7, 11) is -3.07. The number of aromatic nitrogens is 2. The van der Waals surface area contributed by atoms with Gasteiger partial charge in [-0.2, -0.15) is 0 Å². The number of benzene rings is 2. The summed E-state index contributed by atoms with van der Waals surface area (Å²) in [6.07, 6.45) is 1.75. The number of hydrogen-bond acceptors (Lipinski definition) is 4. The Labute approximate surface area is 152 Å². The highest BCUT2D eigenvalue weighted by Crippen LogP contribution is 2.16. The molecule has 0 atom stereocenters. The fraction of sp³-hybridized carbons (Fsp3) is 0.263. The van der Waals surface area contributed by atoms with Gasteiger partial charge in [-0.15, -0.1) is 0 Å². The van der Waals surface area contributed by atoms with Crippen LogP contribution < -0.4 is 5.32 Å². The highest BCUT2D eigenvalue weighted by atomic mass is 32.2. The van der Waals surface area contributed by atoms with Gasteiger partial charge in [-0.25, -0.2) is 13.4 Å². The van der Waals surface area contributed by atoms with Gasteiger partial charge in [0.15, 0.2) is 0 Å². The van der Waals surface area contributed by atoms with Crippen molar-refractivity contribution in [1.82, 2.24) is 14.9 Å². The summed E-state index contributed by atoms with van der Waals surface area (Å²) in [6, 6.07) is 16.7. The van der Waals surface area contributed by atoms with Crippen molar-refractivity contribution in [2.45, 2.75) is 13.0 Å². The molecule has 0 saturated carbocycles. The molecule has 1 aromatic heterocycles. The van der Waals surface area contributed by atoms with E-state index in [1.807, 2.05) is 47.0 Å². The molecule has 0 spiro atoms. The number of fused-ring (bicyclic) bond motifs is 1. The molecule has 1 amide bonds. The molecule has 6 nitrogen and oxygen atoms in total. The van der Waals surface area contributed by atoms with Gasteiger partial charge in [-0.1, -0.05) is 30.3 Å². The molecule has 0 aliphatic heterocycles. The first-order valence-corrected chi connectivity index (χ1v) is 10.5. The second-order valence-corrected chi connectivity index (χ2v) is 8.43. The lowest BCUT2D eigenvalue weighted by Gasteiger charge is -2.09. The summed E-state index contributed by atoms with van der Waals surface area (Å²) in [5.74, 6) is 0.684. The Hall–Kier alpha value is -2.67. The highest BCUT2D eigenvalue weighted by Gasteiger charge is 2.13. The Morgan fingerprint density at radius 3 is 2.50 bits per heavy atom. The van der Waals surface area contributed by atoms with E-state index < -0.39 is 9.84 Å². The van der Waals surface area contributed by atoms with Gasteiger partial charge in [-0.05, 0) is 24.3 Å². The molecule has 3 aromatic rings. The van der Waals surface area contributed by atoms with E-state index in [9.17, 15) is 13.2 Å². The average molecular weight is 371 g/mol. The molecule has 1 heterocycles. The lowest BCUT2D eigenvalue weighted by Crippen LogP contribution is -2.26. The van der Waals surface area contributed by atoms with Crippen LogP contribution in [0.2, 0.25) is 0 Å². The van der Waals surface area contributed by atoms with Gasteiger partial charge in [0.05, 0.1) is 16.8 Å². The zero-order chi connectivity index (χ0) is 18.6. The molecular weight excluding hydrogens is 350 g/mol. The number of rotatable bonds is 7. The van der Waals surface area contributed by atoms with E-state index in [0.717, 1.165) is 16.9 Å². The third kappa shape index (κ3) is 4.49. The quantitative estimate of drug-likeness (QED) is 0.689. The van der Waals surface area contributed by atoms with Crippen molar-refractivity contribution in [3.8, 4) is 0 Å². The van der Waals surface area contributed by atoms with Gasteiger partial charge in [0.1, 0.15) is 15.7 Å². The maximum atomic E-state index is 12.1. The first-order chi connectivity index (χ1) is 12.4. The van der Waals surface area contributed by atoms with Crippen LogP contribution in [0.4, 0.5) is 0 Å². The minimum Gasteiger partial charge on any atom is -0.352 e. The standard InChI is InChI=1S/C19H21N3O3S/c1-26(24,25)14-13-22-17-10-6-5-9-16(17)21-18(22)11-12-20-19(23)15-7-3-2-4-8-15/h2-10H,11-14H2,1H3,(H,20,23). The van der Waals surface area contributed by atoms with Crippen LogP contribution in [0.1, 0.15) is 16.2 Å². The van der Waals surface area contributed by atoms with Crippen LogP contribution in [-0.4, -0.2) is 42.4 Å². The van der Waals surface area contributed by atoms with Crippen molar-refractivity contribution in [3.63, 3.8) is 0 Å². The first kappa shape index (κ1) is 18.1. The van der Waals surface area contributed by atoms with Crippen LogP contribution in [0.25, 0.3) is 11.0 Å². The van der Waals surface area contributed by atoms with E-state index in [1.54, 1.807) is 12.1 Å². The maximum absolute atomic E-state index is 12.1. The minimum absolute atomic E-state index is 0.0523. The van der Waals surface area contributed by atoms with Gasteiger partial charge in [0.2, 0.25) is 0 Å². The molecule has 0 unspecified atom stereocenters. The lowest BCUT2D eigenvalue weighted by atomic mass is 10.2. The number of para-hydroxylation sites is 2. The van der Waals surface area contributed by atoms with Crippen molar-refractivity contribution >= 4 is 26.8 Å². The van der Waals surface area contributed by atoms with Crippen molar-refractivity contribution in [2.75, 3.05) is 18.6 Å². The summed E-state index contributed by atoms with van der Waals surface area (Å²) < 4.78 is 25.0. The average Bonchev–Trinajstić information content (AvgIpc) is 2.97. The Morgan fingerprint density at radius 1 is 1.08 bits per heavy atom. The van der Waals surface area contributed by atoms with Crippen LogP contribution >= 0.6 is 0 Å². The number of amides is 1. The Bertz CT molecular complexity index is 1010. The molecule has 0 aliphatic carbocycles. The fourth-order valence-electron chi connectivity index (χ4n) is 2.80. The van der Waals surface area contributed by atoms with Crippen molar-refractivity contribution in [2.24, 2.45) is 0 Å². The van der Waals surface area contributed by atoms with E-state index in [1.165, 1.54) is 6.26 Å². The van der Waals surface area contributed by atoms with Crippen LogP contribution in [-0.2, 0) is 22.8 Å². The summed E-state index contributed by atoms with van der Waals surface area (Å²) in [5, 5.41) is 2.88. The second-order valence-electron chi connectivity index (χ2n) is 6.17. The number of sulfone groups is 1. The van der Waals surface area contributed by atoms with Gasteiger partial charge in [0.25, 0.3) is 5.91 Å². The van der Waals surface area contributed by atoms with Gasteiger partial charge in [0, 0.05) is 31.3 Å². The summed E-state index contributed by atoms with van der Waals surface area (Å²) in [6.45, 7) is 0.775. The van der Waals surface area contributed by atoms with Crippen molar-refractivity contribution in [3.05, 3.63) is 66.0 Å². The summed E-state index contributed by atoms with van der Waals surface area (Å²) in [4.78, 5) is 16.7. The van der Waals surface area contributed by atoms with Crippen LogP contribution in [0.3, 0.4) is 0 Å². The number of imidazole rings is 1. The maximum Gasteiger partial charge on any atom is 0.251 e.